The van der Waals surface area contributed by atoms with Crippen LogP contribution in [0.4, 0.5) is 0 Å². The van der Waals surface area contributed by atoms with Crippen molar-refractivity contribution in [2.75, 3.05) is 112 Å². The highest BCUT2D eigenvalue weighted by atomic mass is 16.6. The number of esters is 9. The zero-order valence-electron chi connectivity index (χ0n) is 62.2. The van der Waals surface area contributed by atoms with Gasteiger partial charge in [0.1, 0.15) is 22.8 Å². The number of carbonyl (C=O) groups is 15. The first-order valence-corrected chi connectivity index (χ1v) is 33.4. The van der Waals surface area contributed by atoms with E-state index in [2.05, 4.69) is 31.9 Å². The lowest BCUT2D eigenvalue weighted by atomic mass is 10.0. The van der Waals surface area contributed by atoms with Gasteiger partial charge in [-0.1, -0.05) is 12.1 Å². The number of benzene rings is 1. The number of nitrogens with zero attached hydrogens (tertiary/aromatic N) is 1. The number of nitrogens with one attached hydrogen (secondary N) is 6. The molecule has 108 heavy (non-hydrogen) atoms. The van der Waals surface area contributed by atoms with Gasteiger partial charge in [0.05, 0.1) is 98.4 Å². The fraction of sp³-hybridized carbons (Fsp3) is 0.597. The van der Waals surface area contributed by atoms with Gasteiger partial charge in [-0.2, -0.15) is 0 Å². The summed E-state index contributed by atoms with van der Waals surface area (Å²) < 4.78 is 79.6. The molecule has 0 saturated carbocycles. The van der Waals surface area contributed by atoms with Crippen LogP contribution in [-0.2, 0) is 149 Å². The predicted molar refractivity (Wildman–Crippen MR) is 363 cm³/mol. The minimum absolute atomic E-state index is 0.133. The smallest absolute Gasteiger partial charge is 0.307 e. The lowest BCUT2D eigenvalue weighted by Crippen LogP contribution is -2.54. The van der Waals surface area contributed by atoms with Crippen molar-refractivity contribution in [2.24, 2.45) is 0 Å². The third-order valence-corrected chi connectivity index (χ3v) is 13.1. The molecule has 7 unspecified atom stereocenters. The quantitative estimate of drug-likeness (QED) is 0.0105. The van der Waals surface area contributed by atoms with Gasteiger partial charge in [-0.25, -0.2) is 0 Å². The van der Waals surface area contributed by atoms with Crippen LogP contribution in [0.3, 0.4) is 0 Å². The minimum atomic E-state index is -2.06. The van der Waals surface area contributed by atoms with Crippen LogP contribution >= 0.6 is 0 Å². The van der Waals surface area contributed by atoms with Gasteiger partial charge in [0, 0.05) is 122 Å². The highest BCUT2D eigenvalue weighted by Gasteiger charge is 2.35. The Balaban J connectivity index is 3.53. The number of hydrogen-bond acceptors (Lipinski definition) is 35. The maximum absolute atomic E-state index is 14.4. The number of ether oxygens (including phenoxy) is 15. The molecule has 7 atom stereocenters. The third-order valence-electron chi connectivity index (χ3n) is 13.1. The molecule has 606 valence electrons. The minimum Gasteiger partial charge on any atom is -0.508 e. The summed E-state index contributed by atoms with van der Waals surface area (Å²) in [7, 11) is 0. The van der Waals surface area contributed by atoms with Crippen LogP contribution in [0.25, 0.3) is 0 Å². The average molecular weight is 1550 g/mol. The highest BCUT2D eigenvalue weighted by molar-refractivity contribution is 5.86. The summed E-state index contributed by atoms with van der Waals surface area (Å²) in [6.45, 7) is 6.79. The van der Waals surface area contributed by atoms with Crippen LogP contribution in [0, 0.1) is 0 Å². The number of aliphatic hydroxyl groups is 3. The van der Waals surface area contributed by atoms with E-state index in [0.717, 1.165) is 83.1 Å². The Labute approximate surface area is 621 Å². The van der Waals surface area contributed by atoms with Gasteiger partial charge in [-0.05, 0) is 24.1 Å². The van der Waals surface area contributed by atoms with Crippen LogP contribution in [0.5, 0.6) is 5.75 Å². The molecule has 0 aliphatic heterocycles. The number of phenolic OH excluding ortho intramolecular Hbond substituents is 1. The topological polar surface area (TPSA) is 551 Å². The van der Waals surface area contributed by atoms with Crippen molar-refractivity contribution in [3.63, 3.8) is 0 Å². The number of aromatic hydroxyl groups is 1. The zero-order chi connectivity index (χ0) is 81.4. The molecular weight excluding hydrogens is 1450 g/mol. The molecule has 0 aliphatic carbocycles. The van der Waals surface area contributed by atoms with Gasteiger partial charge in [0.25, 0.3) is 0 Å². The van der Waals surface area contributed by atoms with E-state index >= 15 is 0 Å². The van der Waals surface area contributed by atoms with Gasteiger partial charge >= 0.3 is 53.7 Å². The third kappa shape index (κ3) is 44.1. The monoisotopic (exact) mass is 1550 g/mol. The molecule has 1 aromatic carbocycles. The Morgan fingerprint density at radius 1 is 0.370 bits per heavy atom. The normalized spacial score (nSPS) is 13.7. The maximum atomic E-state index is 14.4. The second-order valence-corrected chi connectivity index (χ2v) is 22.6. The first-order valence-electron chi connectivity index (χ1n) is 33.4. The molecule has 41 nitrogen and oxygen atoms in total. The van der Waals surface area contributed by atoms with E-state index in [0.29, 0.717) is 5.56 Å². The van der Waals surface area contributed by atoms with E-state index in [1.54, 1.807) is 0 Å². The number of carbonyl (C=O) groups excluding carboxylic acids is 15. The number of aliphatic hydroxyl groups excluding tert-OH is 3. The number of amides is 6. The summed E-state index contributed by atoms with van der Waals surface area (Å²) >= 11 is 0. The second kappa shape index (κ2) is 53.6. The van der Waals surface area contributed by atoms with Gasteiger partial charge in [0.2, 0.25) is 35.4 Å². The summed E-state index contributed by atoms with van der Waals surface area (Å²) in [6, 6.07) is 4.29. The summed E-state index contributed by atoms with van der Waals surface area (Å²) in [5, 5.41) is 58.3. The number of phenols is 1. The molecule has 1 rings (SSSR count). The van der Waals surface area contributed by atoms with Crippen LogP contribution in [0.2, 0.25) is 0 Å². The van der Waals surface area contributed by atoms with Crippen molar-refractivity contribution in [3.05, 3.63) is 64.2 Å². The van der Waals surface area contributed by atoms with E-state index in [4.69, 9.17) is 71.1 Å². The molecule has 10 N–H and O–H groups in total. The van der Waals surface area contributed by atoms with Crippen molar-refractivity contribution in [1.82, 2.24) is 36.8 Å². The van der Waals surface area contributed by atoms with Crippen LogP contribution in [-0.4, -0.2) is 270 Å². The Hall–Kier alpha value is -10.1. The summed E-state index contributed by atoms with van der Waals surface area (Å²) in [6.07, 6.45) is -11.7. The molecule has 0 bridgehead atoms. The first kappa shape index (κ1) is 95.9. The van der Waals surface area contributed by atoms with Crippen molar-refractivity contribution in [1.29, 1.82) is 0 Å². The zero-order valence-corrected chi connectivity index (χ0v) is 62.2. The van der Waals surface area contributed by atoms with Crippen LogP contribution < -0.4 is 31.9 Å². The molecule has 0 heterocycles. The predicted octanol–water partition coefficient (Wildman–Crippen LogP) is -2.60. The van der Waals surface area contributed by atoms with Crippen molar-refractivity contribution >= 4 is 89.2 Å². The summed E-state index contributed by atoms with van der Waals surface area (Å²) in [4.78, 5) is 188. The highest BCUT2D eigenvalue weighted by Crippen LogP contribution is 2.24. The largest absolute Gasteiger partial charge is 0.508 e. The molecule has 0 aromatic heterocycles. The molecule has 0 spiro atoms. The first-order chi connectivity index (χ1) is 50.9. The molecule has 0 fully saturated rings. The maximum Gasteiger partial charge on any atom is 0.307 e. The Morgan fingerprint density at radius 3 is 0.935 bits per heavy atom. The van der Waals surface area contributed by atoms with Crippen molar-refractivity contribution in [3.8, 4) is 5.75 Å². The van der Waals surface area contributed by atoms with E-state index in [1.807, 2.05) is 0 Å². The van der Waals surface area contributed by atoms with Crippen LogP contribution in [0.15, 0.2) is 58.6 Å². The summed E-state index contributed by atoms with van der Waals surface area (Å²) in [5.41, 5.74) is -1.19. The standard InChI is InChI=1S/C67H99N7O34/c1-38(75)71-58(61(106-47(10)84)53(103-44(7)81)17-23-97-41(4)78)65(91)100-32-29-94-26-20-68-56(88)36-74(37-57(89)69-21-27-95-30-33-101-66(92)59(72-39(2)76)62(107-48(11)85)54(104-45(8)82)18-24-98-42(5)79)52(35-50-13-15-51(87)16-14-50)64(90)70-22-28-96-31-34-102-67(93)60(73-40(3)77)63(108-49(12)86)55(105-46(9)83)19-25-99-43(6)80/h13-16,52-55,65-67,87,91-93H,17-37H2,1-12H3,(H,68,88)(H,69,89)(H,70,90)(H,71,75)(H,72,76)(H,73,77)/b61-58-,62-59-,63-60-. The SMILES string of the molecule is CC(=O)N/C(=C(\OC(C)=O)C(CCOC(C)=O)OC(C)=O)C(O)OCCOCCNC(=O)CN(CC(=O)NCCOCCOC(O)/C(NC(C)=O)=C(/OC(C)=O)C(CCOC(C)=O)OC(C)=O)C(Cc1ccc(O)cc1)C(=O)NCCOCCOC(O)/C(NC(C)=O)=C(/OC(C)=O)C(CCOC(C)=O)OC(C)=O. The van der Waals surface area contributed by atoms with E-state index in [-0.39, 0.29) is 111 Å². The Bertz CT molecular complexity index is 3140. The van der Waals surface area contributed by atoms with Gasteiger partial charge in [-0.15, -0.1) is 0 Å². The second-order valence-electron chi connectivity index (χ2n) is 22.6. The average Bonchev–Trinajstić information content (AvgIpc) is 0.861. The lowest BCUT2D eigenvalue weighted by Gasteiger charge is -2.30. The fourth-order valence-electron chi connectivity index (χ4n) is 9.01. The number of rotatable bonds is 53. The fourth-order valence-corrected chi connectivity index (χ4v) is 9.01. The Kier molecular flexibility index (Phi) is 47.6. The van der Waals surface area contributed by atoms with Gasteiger partial charge in [-0.3, -0.25) is 76.8 Å². The van der Waals surface area contributed by atoms with E-state index in [9.17, 15) is 92.3 Å². The van der Waals surface area contributed by atoms with Crippen molar-refractivity contribution < 1.29 is 163 Å². The molecule has 1 aromatic rings. The molecule has 0 aliphatic rings. The molecule has 0 radical (unpaired) electrons. The lowest BCUT2D eigenvalue weighted by molar-refractivity contribution is -0.154. The molecule has 6 amide bonds. The van der Waals surface area contributed by atoms with E-state index in [1.165, 1.54) is 29.2 Å². The summed E-state index contributed by atoms with van der Waals surface area (Å²) in [5.74, 6) is -13.9. The van der Waals surface area contributed by atoms with Crippen LogP contribution in [0.1, 0.15) is 108 Å². The molecular formula is C67H99N7O34. The van der Waals surface area contributed by atoms with E-state index < -0.39 is 200 Å². The van der Waals surface area contributed by atoms with Gasteiger partial charge in [0.15, 0.2) is 54.5 Å². The van der Waals surface area contributed by atoms with Crippen molar-refractivity contribution in [2.45, 2.75) is 152 Å². The number of hydrogen-bond donors (Lipinski definition) is 10. The Morgan fingerprint density at radius 2 is 0.667 bits per heavy atom. The van der Waals surface area contributed by atoms with Gasteiger partial charge < -0.3 is 123 Å². The molecule has 0 saturated heterocycles. The molecule has 41 heteroatoms.